The molecule has 152 valence electrons. The number of hydrogen-bond acceptors (Lipinski definition) is 5. The van der Waals surface area contributed by atoms with E-state index >= 15 is 0 Å². The SMILES string of the molecule is CN(Cc1nc(-c2cccc(Br)c2)no1)C(=O)COc1cccc(C(F)(F)F)c1. The molecule has 0 aliphatic heterocycles. The van der Waals surface area contributed by atoms with Crippen molar-refractivity contribution in [1.82, 2.24) is 15.0 Å². The Kier molecular flexibility index (Phi) is 6.21. The van der Waals surface area contributed by atoms with E-state index in [-0.39, 0.29) is 18.2 Å². The van der Waals surface area contributed by atoms with Crippen molar-refractivity contribution in [3.05, 3.63) is 64.5 Å². The lowest BCUT2D eigenvalue weighted by Gasteiger charge is -2.15. The number of hydrogen-bond donors (Lipinski definition) is 0. The molecule has 0 radical (unpaired) electrons. The zero-order valence-corrected chi connectivity index (χ0v) is 16.7. The van der Waals surface area contributed by atoms with Crippen molar-refractivity contribution in [2.45, 2.75) is 12.7 Å². The second kappa shape index (κ2) is 8.64. The molecule has 0 aliphatic rings. The molecule has 0 atom stereocenters. The van der Waals surface area contributed by atoms with E-state index < -0.39 is 24.3 Å². The third kappa shape index (κ3) is 5.57. The van der Waals surface area contributed by atoms with Crippen molar-refractivity contribution >= 4 is 21.8 Å². The maximum absolute atomic E-state index is 12.7. The first-order valence-electron chi connectivity index (χ1n) is 8.35. The maximum atomic E-state index is 12.7. The van der Waals surface area contributed by atoms with Gasteiger partial charge in [0.05, 0.1) is 12.1 Å². The predicted molar refractivity (Wildman–Crippen MR) is 101 cm³/mol. The van der Waals surface area contributed by atoms with Crippen LogP contribution in [-0.4, -0.2) is 34.6 Å². The summed E-state index contributed by atoms with van der Waals surface area (Å²) in [5.74, 6) is 0.0955. The minimum absolute atomic E-state index is 0.0335. The zero-order valence-electron chi connectivity index (χ0n) is 15.1. The molecule has 6 nitrogen and oxygen atoms in total. The summed E-state index contributed by atoms with van der Waals surface area (Å²) in [6.07, 6.45) is -4.48. The van der Waals surface area contributed by atoms with Crippen molar-refractivity contribution in [2.75, 3.05) is 13.7 Å². The highest BCUT2D eigenvalue weighted by Crippen LogP contribution is 2.31. The Hall–Kier alpha value is -2.88. The third-order valence-electron chi connectivity index (χ3n) is 3.87. The Morgan fingerprint density at radius 2 is 1.97 bits per heavy atom. The molecule has 0 saturated carbocycles. The van der Waals surface area contributed by atoms with Gasteiger partial charge in [-0.15, -0.1) is 0 Å². The lowest BCUT2D eigenvalue weighted by Crippen LogP contribution is -2.31. The number of aromatic nitrogens is 2. The van der Waals surface area contributed by atoms with Crippen LogP contribution in [0.5, 0.6) is 5.75 Å². The van der Waals surface area contributed by atoms with Crippen LogP contribution in [0.15, 0.2) is 57.5 Å². The fourth-order valence-electron chi connectivity index (χ4n) is 2.37. The molecular weight excluding hydrogens is 455 g/mol. The lowest BCUT2D eigenvalue weighted by molar-refractivity contribution is -0.137. The second-order valence-electron chi connectivity index (χ2n) is 6.09. The smallest absolute Gasteiger partial charge is 0.416 e. The molecular formula is C19H15BrF3N3O3. The van der Waals surface area contributed by atoms with E-state index in [9.17, 15) is 18.0 Å². The van der Waals surface area contributed by atoms with Crippen molar-refractivity contribution in [2.24, 2.45) is 0 Å². The number of carbonyl (C=O) groups is 1. The molecule has 0 fully saturated rings. The van der Waals surface area contributed by atoms with Crippen LogP contribution in [0, 0.1) is 0 Å². The number of rotatable bonds is 6. The number of carbonyl (C=O) groups excluding carboxylic acids is 1. The van der Waals surface area contributed by atoms with Gasteiger partial charge in [-0.25, -0.2) is 0 Å². The van der Waals surface area contributed by atoms with Gasteiger partial charge >= 0.3 is 6.18 Å². The first kappa shape index (κ1) is 20.8. The van der Waals surface area contributed by atoms with Crippen LogP contribution in [0.3, 0.4) is 0 Å². The molecule has 2 aromatic carbocycles. The molecule has 3 aromatic rings. The monoisotopic (exact) mass is 469 g/mol. The van der Waals surface area contributed by atoms with Gasteiger partial charge in [0.2, 0.25) is 11.7 Å². The first-order chi connectivity index (χ1) is 13.7. The molecule has 1 aromatic heterocycles. The van der Waals surface area contributed by atoms with Crippen LogP contribution in [0.2, 0.25) is 0 Å². The maximum Gasteiger partial charge on any atom is 0.416 e. The average Bonchev–Trinajstić information content (AvgIpc) is 3.14. The van der Waals surface area contributed by atoms with Crippen LogP contribution in [0.4, 0.5) is 13.2 Å². The van der Waals surface area contributed by atoms with Crippen LogP contribution in [-0.2, 0) is 17.5 Å². The summed E-state index contributed by atoms with van der Waals surface area (Å²) in [6.45, 7) is -0.393. The highest BCUT2D eigenvalue weighted by atomic mass is 79.9. The number of alkyl halides is 3. The quantitative estimate of drug-likeness (QED) is 0.529. The van der Waals surface area contributed by atoms with E-state index in [1.807, 2.05) is 24.3 Å². The Morgan fingerprint density at radius 3 is 2.69 bits per heavy atom. The van der Waals surface area contributed by atoms with E-state index in [4.69, 9.17) is 9.26 Å². The van der Waals surface area contributed by atoms with Crippen molar-refractivity contribution in [3.63, 3.8) is 0 Å². The molecule has 3 rings (SSSR count). The molecule has 10 heteroatoms. The Labute approximate surface area is 172 Å². The number of benzene rings is 2. The Bertz CT molecular complexity index is 1010. The average molecular weight is 470 g/mol. The predicted octanol–water partition coefficient (Wildman–Crippen LogP) is 4.56. The van der Waals surface area contributed by atoms with Crippen LogP contribution in [0.25, 0.3) is 11.4 Å². The molecule has 0 bridgehead atoms. The van der Waals surface area contributed by atoms with Gasteiger partial charge in [0.25, 0.3) is 5.91 Å². The lowest BCUT2D eigenvalue weighted by atomic mass is 10.2. The summed E-state index contributed by atoms with van der Waals surface area (Å²) in [5.41, 5.74) is -0.0991. The summed E-state index contributed by atoms with van der Waals surface area (Å²) < 4.78 is 49.4. The fraction of sp³-hybridized carbons (Fsp3) is 0.211. The van der Waals surface area contributed by atoms with E-state index in [1.165, 1.54) is 24.1 Å². The number of nitrogens with zero attached hydrogens (tertiary/aromatic N) is 3. The number of halogens is 4. The van der Waals surface area contributed by atoms with Crippen molar-refractivity contribution in [1.29, 1.82) is 0 Å². The molecule has 0 N–H and O–H groups in total. The Morgan fingerprint density at radius 1 is 1.21 bits per heavy atom. The molecule has 0 saturated heterocycles. The van der Waals surface area contributed by atoms with Crippen molar-refractivity contribution in [3.8, 4) is 17.1 Å². The number of amides is 1. The van der Waals surface area contributed by atoms with Gasteiger partial charge in [-0.1, -0.05) is 39.3 Å². The summed E-state index contributed by atoms with van der Waals surface area (Å²) in [5, 5.41) is 3.88. The van der Waals surface area contributed by atoms with Gasteiger partial charge in [-0.3, -0.25) is 4.79 Å². The first-order valence-corrected chi connectivity index (χ1v) is 9.14. The van der Waals surface area contributed by atoms with Gasteiger partial charge in [-0.2, -0.15) is 18.2 Å². The van der Waals surface area contributed by atoms with Crippen molar-refractivity contribution < 1.29 is 27.2 Å². The van der Waals surface area contributed by atoms with Crippen LogP contribution >= 0.6 is 15.9 Å². The largest absolute Gasteiger partial charge is 0.484 e. The standard InChI is InChI=1S/C19H15BrF3N3O3/c1-26(10-16-24-18(25-29-16)12-4-2-6-14(20)8-12)17(27)11-28-15-7-3-5-13(9-15)19(21,22)23/h2-9H,10-11H2,1H3. The number of ether oxygens (including phenoxy) is 1. The van der Waals surface area contributed by atoms with Gasteiger partial charge < -0.3 is 14.2 Å². The molecule has 1 amide bonds. The molecule has 1 heterocycles. The highest BCUT2D eigenvalue weighted by molar-refractivity contribution is 9.10. The second-order valence-corrected chi connectivity index (χ2v) is 7.00. The highest BCUT2D eigenvalue weighted by Gasteiger charge is 2.30. The molecule has 0 unspecified atom stereocenters. The molecule has 29 heavy (non-hydrogen) atoms. The third-order valence-corrected chi connectivity index (χ3v) is 4.37. The van der Waals surface area contributed by atoms with E-state index in [0.717, 1.165) is 22.2 Å². The Balaban J connectivity index is 1.57. The minimum atomic E-state index is -4.48. The van der Waals surface area contributed by atoms with Crippen LogP contribution < -0.4 is 4.74 Å². The normalized spacial score (nSPS) is 11.3. The van der Waals surface area contributed by atoms with Gasteiger partial charge in [0, 0.05) is 17.1 Å². The summed E-state index contributed by atoms with van der Waals surface area (Å²) >= 11 is 3.36. The summed E-state index contributed by atoms with van der Waals surface area (Å²) in [7, 11) is 1.50. The van der Waals surface area contributed by atoms with Gasteiger partial charge in [0.1, 0.15) is 5.75 Å². The topological polar surface area (TPSA) is 68.5 Å². The number of likely N-dealkylation sites (N-methyl/N-ethyl adjacent to an activating group) is 1. The molecule has 0 spiro atoms. The van der Waals surface area contributed by atoms with E-state index in [1.54, 1.807) is 0 Å². The van der Waals surface area contributed by atoms with Gasteiger partial charge in [-0.05, 0) is 30.3 Å². The summed E-state index contributed by atoms with van der Waals surface area (Å²) in [6, 6.07) is 11.7. The summed E-state index contributed by atoms with van der Waals surface area (Å²) in [4.78, 5) is 17.7. The van der Waals surface area contributed by atoms with E-state index in [2.05, 4.69) is 26.1 Å². The van der Waals surface area contributed by atoms with E-state index in [0.29, 0.717) is 5.82 Å². The fourth-order valence-corrected chi connectivity index (χ4v) is 2.77. The van der Waals surface area contributed by atoms with Gasteiger partial charge in [0.15, 0.2) is 6.61 Å². The van der Waals surface area contributed by atoms with Crippen LogP contribution in [0.1, 0.15) is 11.5 Å². The minimum Gasteiger partial charge on any atom is -0.484 e. The zero-order chi connectivity index (χ0) is 21.0. The molecule has 0 aliphatic carbocycles.